The van der Waals surface area contributed by atoms with Crippen molar-refractivity contribution in [1.29, 1.82) is 0 Å². The van der Waals surface area contributed by atoms with Crippen LogP contribution in [-0.2, 0) is 0 Å². The van der Waals surface area contributed by atoms with Crippen LogP contribution in [0.5, 0.6) is 0 Å². The van der Waals surface area contributed by atoms with E-state index < -0.39 is 0 Å². The average molecular weight is 362 g/mol. The number of nitrogens with two attached hydrogens (primary N) is 1. The van der Waals surface area contributed by atoms with E-state index in [-0.39, 0.29) is 0 Å². The maximum Gasteiger partial charge on any atom is 0.147 e. The molecule has 4 nitrogen and oxygen atoms in total. The van der Waals surface area contributed by atoms with E-state index >= 15 is 0 Å². The molecule has 0 saturated heterocycles. The maximum absolute atomic E-state index is 6.55. The van der Waals surface area contributed by atoms with Crippen LogP contribution in [0.3, 0.4) is 0 Å². The van der Waals surface area contributed by atoms with Gasteiger partial charge >= 0.3 is 0 Å². The van der Waals surface area contributed by atoms with Gasteiger partial charge in [0.1, 0.15) is 22.3 Å². The molecule has 0 fully saturated rings. The summed E-state index contributed by atoms with van der Waals surface area (Å²) in [4.78, 5) is 0. The van der Waals surface area contributed by atoms with E-state index in [9.17, 15) is 0 Å². The zero-order valence-electron chi connectivity index (χ0n) is 14.8. The third-order valence-electron chi connectivity index (χ3n) is 5.81. The van der Waals surface area contributed by atoms with Crippen molar-refractivity contribution >= 4 is 65.7 Å². The van der Waals surface area contributed by atoms with Crippen LogP contribution in [0, 0.1) is 0 Å². The molecule has 3 heterocycles. The first kappa shape index (κ1) is 14.2. The quantitative estimate of drug-likeness (QED) is 0.322. The lowest BCUT2D eigenvalue weighted by Crippen LogP contribution is -2.06. The van der Waals surface area contributed by atoms with Gasteiger partial charge in [0.05, 0.1) is 21.8 Å². The molecule has 7 aromatic rings. The number of para-hydroxylation sites is 2. The molecule has 0 bridgehead atoms. The van der Waals surface area contributed by atoms with Gasteiger partial charge in [-0.15, -0.1) is 0 Å². The molecule has 28 heavy (non-hydrogen) atoms. The molecule has 4 heteroatoms. The minimum absolute atomic E-state index is 0.805. The zero-order chi connectivity index (χ0) is 18.4. The summed E-state index contributed by atoms with van der Waals surface area (Å²) >= 11 is 0. The van der Waals surface area contributed by atoms with E-state index in [1.165, 1.54) is 0 Å². The number of hydrogen-bond acceptors (Lipinski definition) is 3. The molecule has 0 radical (unpaired) electrons. The van der Waals surface area contributed by atoms with Crippen molar-refractivity contribution < 1.29 is 8.83 Å². The van der Waals surface area contributed by atoms with Crippen molar-refractivity contribution in [3.63, 3.8) is 0 Å². The highest BCUT2D eigenvalue weighted by Gasteiger charge is 2.20. The van der Waals surface area contributed by atoms with Crippen molar-refractivity contribution in [3.05, 3.63) is 72.8 Å². The molecule has 2 N–H and O–H groups in total. The standard InChI is InChI=1S/C24H14N2O2/c25-26-17-7-3-1-5-13(17)15-9-11-19-21(23(15)26)22-20(27-19)12-10-16-14-6-2-4-8-18(14)28-24(16)22/h1-12H,25H2. The molecule has 0 amide bonds. The number of nitrogen functional groups attached to an aromatic ring is 1. The van der Waals surface area contributed by atoms with E-state index in [0.717, 1.165) is 65.7 Å². The fourth-order valence-corrected chi connectivity index (χ4v) is 4.61. The number of hydrogen-bond donors (Lipinski definition) is 1. The Morgan fingerprint density at radius 2 is 1.29 bits per heavy atom. The molecule has 0 aliphatic rings. The molecule has 0 atom stereocenters. The third kappa shape index (κ3) is 1.53. The fraction of sp³-hybridized carbons (Fsp3) is 0. The Labute approximate surface area is 158 Å². The molecular formula is C24H14N2O2. The Kier molecular flexibility index (Phi) is 2.37. The van der Waals surface area contributed by atoms with Gasteiger partial charge in [-0.2, -0.15) is 0 Å². The highest BCUT2D eigenvalue weighted by molar-refractivity contribution is 6.29. The summed E-state index contributed by atoms with van der Waals surface area (Å²) in [6.07, 6.45) is 0. The number of aromatic nitrogens is 1. The van der Waals surface area contributed by atoms with Gasteiger partial charge in [0.25, 0.3) is 0 Å². The summed E-state index contributed by atoms with van der Waals surface area (Å²) in [6.45, 7) is 0. The molecule has 4 aromatic carbocycles. The first-order valence-corrected chi connectivity index (χ1v) is 9.25. The lowest BCUT2D eigenvalue weighted by Gasteiger charge is -2.00. The number of furan rings is 2. The predicted molar refractivity (Wildman–Crippen MR) is 114 cm³/mol. The molecule has 0 spiro atoms. The normalized spacial score (nSPS) is 12.4. The summed E-state index contributed by atoms with van der Waals surface area (Å²) in [5.41, 5.74) is 5.29. The van der Waals surface area contributed by atoms with Gasteiger partial charge in [-0.1, -0.05) is 36.4 Å². The van der Waals surface area contributed by atoms with Crippen LogP contribution in [0.25, 0.3) is 65.7 Å². The van der Waals surface area contributed by atoms with Crippen LogP contribution in [0.15, 0.2) is 81.6 Å². The first-order valence-electron chi connectivity index (χ1n) is 9.25. The molecule has 0 aliphatic heterocycles. The smallest absolute Gasteiger partial charge is 0.147 e. The largest absolute Gasteiger partial charge is 0.456 e. The minimum atomic E-state index is 0.805. The Morgan fingerprint density at radius 3 is 2.18 bits per heavy atom. The first-order chi connectivity index (χ1) is 13.8. The van der Waals surface area contributed by atoms with Crippen LogP contribution in [0.2, 0.25) is 0 Å². The molecule has 0 unspecified atom stereocenters. The Hall–Kier alpha value is -3.92. The van der Waals surface area contributed by atoms with Crippen LogP contribution in [-0.4, -0.2) is 4.68 Å². The summed E-state index contributed by atoms with van der Waals surface area (Å²) in [7, 11) is 0. The van der Waals surface area contributed by atoms with Gasteiger partial charge in [-0.25, -0.2) is 0 Å². The molecule has 7 rings (SSSR count). The van der Waals surface area contributed by atoms with Crippen molar-refractivity contribution in [2.75, 3.05) is 5.84 Å². The van der Waals surface area contributed by atoms with Gasteiger partial charge in [-0.3, -0.25) is 4.68 Å². The van der Waals surface area contributed by atoms with E-state index in [0.29, 0.717) is 0 Å². The van der Waals surface area contributed by atoms with Crippen LogP contribution < -0.4 is 5.84 Å². The van der Waals surface area contributed by atoms with Crippen LogP contribution in [0.1, 0.15) is 0 Å². The number of rotatable bonds is 0. The van der Waals surface area contributed by atoms with Crippen molar-refractivity contribution in [3.8, 4) is 0 Å². The van der Waals surface area contributed by atoms with Crippen molar-refractivity contribution in [1.82, 2.24) is 4.68 Å². The highest BCUT2D eigenvalue weighted by Crippen LogP contribution is 2.43. The molecule has 0 aliphatic carbocycles. The monoisotopic (exact) mass is 362 g/mol. The molecule has 132 valence electrons. The summed E-state index contributed by atoms with van der Waals surface area (Å²) in [6, 6.07) is 24.5. The van der Waals surface area contributed by atoms with E-state index in [2.05, 4.69) is 24.3 Å². The lowest BCUT2D eigenvalue weighted by atomic mass is 10.1. The van der Waals surface area contributed by atoms with Gasteiger partial charge in [-0.05, 0) is 36.4 Å². The maximum atomic E-state index is 6.55. The Bertz CT molecular complexity index is 1730. The second-order valence-electron chi connectivity index (χ2n) is 7.24. The summed E-state index contributed by atoms with van der Waals surface area (Å²) < 4.78 is 14.2. The molecular weight excluding hydrogens is 348 g/mol. The SMILES string of the molecule is Nn1c2ccccc2c2ccc3oc4ccc5c6ccccc6oc5c4c3c21. The topological polar surface area (TPSA) is 57.2 Å². The Morgan fingerprint density at radius 1 is 0.571 bits per heavy atom. The second kappa shape index (κ2) is 4.67. The number of benzene rings is 4. The van der Waals surface area contributed by atoms with E-state index in [4.69, 9.17) is 14.7 Å². The third-order valence-corrected chi connectivity index (χ3v) is 5.81. The van der Waals surface area contributed by atoms with Crippen LogP contribution >= 0.6 is 0 Å². The van der Waals surface area contributed by atoms with Crippen molar-refractivity contribution in [2.24, 2.45) is 0 Å². The summed E-state index contributed by atoms with van der Waals surface area (Å²) in [5, 5.41) is 6.41. The van der Waals surface area contributed by atoms with Gasteiger partial charge in [0, 0.05) is 21.5 Å². The lowest BCUT2D eigenvalue weighted by molar-refractivity contribution is 0.663. The van der Waals surface area contributed by atoms with Gasteiger partial charge in [0.15, 0.2) is 0 Å². The zero-order valence-corrected chi connectivity index (χ0v) is 14.8. The van der Waals surface area contributed by atoms with Crippen molar-refractivity contribution in [2.45, 2.75) is 0 Å². The second-order valence-corrected chi connectivity index (χ2v) is 7.24. The van der Waals surface area contributed by atoms with Gasteiger partial charge in [0.2, 0.25) is 0 Å². The number of nitrogens with zero attached hydrogens (tertiary/aromatic N) is 1. The fourth-order valence-electron chi connectivity index (χ4n) is 4.61. The average Bonchev–Trinajstić information content (AvgIpc) is 3.38. The van der Waals surface area contributed by atoms with Gasteiger partial charge < -0.3 is 14.7 Å². The van der Waals surface area contributed by atoms with E-state index in [1.54, 1.807) is 4.68 Å². The van der Waals surface area contributed by atoms with Crippen LogP contribution in [0.4, 0.5) is 0 Å². The number of fused-ring (bicyclic) bond motifs is 11. The minimum Gasteiger partial charge on any atom is -0.456 e. The highest BCUT2D eigenvalue weighted by atomic mass is 16.3. The Balaban J connectivity index is 1.83. The molecule has 3 aromatic heterocycles. The molecule has 0 saturated carbocycles. The predicted octanol–water partition coefficient (Wildman–Crippen LogP) is 6.31. The summed E-state index contributed by atoms with van der Waals surface area (Å²) in [5.74, 6) is 6.55. The van der Waals surface area contributed by atoms with E-state index in [1.807, 2.05) is 48.5 Å².